The predicted molar refractivity (Wildman–Crippen MR) is 142 cm³/mol. The molecule has 0 rings (SSSR count). The molecule has 0 aliphatic rings. The summed E-state index contributed by atoms with van der Waals surface area (Å²) < 4.78 is 0. The van der Waals surface area contributed by atoms with Crippen molar-refractivity contribution in [3.05, 3.63) is 0 Å². The molecule has 0 bridgehead atoms. The van der Waals surface area contributed by atoms with Gasteiger partial charge >= 0.3 is 5.97 Å². The molecule has 15 nitrogen and oxygen atoms in total. The first-order valence-electron chi connectivity index (χ1n) is 13.0. The number of rotatable bonds is 19. The number of carboxylic acid groups (broad SMARTS) is 1. The van der Waals surface area contributed by atoms with E-state index >= 15 is 0 Å². The summed E-state index contributed by atoms with van der Waals surface area (Å²) in [6.45, 7) is 5.55. The third kappa shape index (κ3) is 15.0. The summed E-state index contributed by atoms with van der Waals surface area (Å²) in [5, 5.41) is 29.8. The zero-order chi connectivity index (χ0) is 30.1. The largest absolute Gasteiger partial charge is 0.480 e. The van der Waals surface area contributed by atoms with Gasteiger partial charge in [0.15, 0.2) is 0 Å². The quantitative estimate of drug-likeness (QED) is 0.0720. The van der Waals surface area contributed by atoms with Gasteiger partial charge in [-0.25, -0.2) is 0 Å². The Balaban J connectivity index is 5.18. The Hall–Kier alpha value is -3.30. The lowest BCUT2D eigenvalue weighted by Gasteiger charge is -2.27. The van der Waals surface area contributed by atoms with Gasteiger partial charge in [-0.3, -0.25) is 28.8 Å². The minimum Gasteiger partial charge on any atom is -0.480 e. The number of hydrogen-bond donors (Lipinski definition) is 9. The molecule has 0 fully saturated rings. The first-order chi connectivity index (χ1) is 18.2. The first-order valence-corrected chi connectivity index (χ1v) is 13.0. The summed E-state index contributed by atoms with van der Waals surface area (Å²) >= 11 is 0. The van der Waals surface area contributed by atoms with Crippen LogP contribution in [0.4, 0.5) is 0 Å². The molecule has 0 saturated carbocycles. The molecule has 0 radical (unpaired) electrons. The van der Waals surface area contributed by atoms with Crippen LogP contribution < -0.4 is 38.1 Å². The number of aliphatic hydroxyl groups is 1. The molecule has 0 aromatic heterocycles. The molecule has 15 heteroatoms. The fourth-order valence-electron chi connectivity index (χ4n) is 3.42. The van der Waals surface area contributed by atoms with Crippen LogP contribution in [0.3, 0.4) is 0 Å². The molecule has 0 unspecified atom stereocenters. The standard InChI is InChI=1S/C24H45N7O8/c1-13(2)9-16(22(37)27-10-18(33)29-17(12-32)23(38)28-11-19(34)35)30-24(39)20(14(3)4)31-21(36)15(26)7-5-6-8-25/h13-17,20,32H,5-12,25-26H2,1-4H3,(H,27,37)(H,28,38)(H,29,33)(H,30,39)(H,31,36)(H,34,35)/t15-,16-,17-,20-/m0/s1. The fourth-order valence-corrected chi connectivity index (χ4v) is 3.42. The van der Waals surface area contributed by atoms with Crippen molar-refractivity contribution >= 4 is 35.5 Å². The number of carbonyl (C=O) groups is 6. The monoisotopic (exact) mass is 559 g/mol. The molecular weight excluding hydrogens is 514 g/mol. The smallest absolute Gasteiger partial charge is 0.322 e. The molecule has 11 N–H and O–H groups in total. The van der Waals surface area contributed by atoms with Crippen LogP contribution in [0.2, 0.25) is 0 Å². The van der Waals surface area contributed by atoms with Crippen LogP contribution in [0.25, 0.3) is 0 Å². The summed E-state index contributed by atoms with van der Waals surface area (Å²) in [6.07, 6.45) is 2.03. The number of carboxylic acids is 1. The van der Waals surface area contributed by atoms with Crippen LogP contribution >= 0.6 is 0 Å². The third-order valence-corrected chi connectivity index (χ3v) is 5.56. The van der Waals surface area contributed by atoms with Gasteiger partial charge in [0.05, 0.1) is 19.2 Å². The summed E-state index contributed by atoms with van der Waals surface area (Å²) in [5.41, 5.74) is 11.4. The Morgan fingerprint density at radius 3 is 1.87 bits per heavy atom. The average molecular weight is 560 g/mol. The summed E-state index contributed by atoms with van der Waals surface area (Å²) in [4.78, 5) is 73.1. The minimum atomic E-state index is -1.42. The van der Waals surface area contributed by atoms with Crippen molar-refractivity contribution < 1.29 is 39.0 Å². The topological polar surface area (TPSA) is 255 Å². The molecule has 0 aromatic carbocycles. The summed E-state index contributed by atoms with van der Waals surface area (Å²) in [5.74, 6) is -5.13. The second-order valence-electron chi connectivity index (χ2n) is 9.94. The maximum Gasteiger partial charge on any atom is 0.322 e. The molecule has 0 aliphatic heterocycles. The van der Waals surface area contributed by atoms with Crippen LogP contribution in [-0.2, 0) is 28.8 Å². The van der Waals surface area contributed by atoms with Crippen molar-refractivity contribution in [3.63, 3.8) is 0 Å². The normalized spacial score (nSPS) is 14.1. The van der Waals surface area contributed by atoms with E-state index in [1.54, 1.807) is 13.8 Å². The molecular formula is C24H45N7O8. The number of unbranched alkanes of at least 4 members (excludes halogenated alkanes) is 1. The van der Waals surface area contributed by atoms with Gasteiger partial charge < -0.3 is 48.3 Å². The van der Waals surface area contributed by atoms with E-state index in [1.807, 2.05) is 19.2 Å². The second kappa shape index (κ2) is 18.9. The Morgan fingerprint density at radius 2 is 1.36 bits per heavy atom. The Bertz CT molecular complexity index is 837. The predicted octanol–water partition coefficient (Wildman–Crippen LogP) is -3.09. The lowest BCUT2D eigenvalue weighted by Crippen LogP contribution is -2.58. The van der Waals surface area contributed by atoms with Gasteiger partial charge in [0.25, 0.3) is 0 Å². The van der Waals surface area contributed by atoms with Gasteiger partial charge in [-0.15, -0.1) is 0 Å². The summed E-state index contributed by atoms with van der Waals surface area (Å²) in [7, 11) is 0. The lowest BCUT2D eigenvalue weighted by atomic mass is 9.99. The maximum atomic E-state index is 13.0. The van der Waals surface area contributed by atoms with E-state index in [-0.39, 0.29) is 18.3 Å². The molecule has 0 spiro atoms. The van der Waals surface area contributed by atoms with E-state index in [0.717, 1.165) is 6.42 Å². The van der Waals surface area contributed by atoms with E-state index in [1.165, 1.54) is 0 Å². The van der Waals surface area contributed by atoms with Crippen molar-refractivity contribution in [2.75, 3.05) is 26.2 Å². The minimum absolute atomic E-state index is 0.0189. The van der Waals surface area contributed by atoms with Gasteiger partial charge in [-0.05, 0) is 37.6 Å². The van der Waals surface area contributed by atoms with Crippen LogP contribution in [0.5, 0.6) is 0 Å². The SMILES string of the molecule is CC(C)C[C@H](NC(=O)[C@@H](NC(=O)[C@@H](N)CCCCN)C(C)C)C(=O)NCC(=O)N[C@@H](CO)C(=O)NCC(=O)O. The number of nitrogens with two attached hydrogens (primary N) is 2. The zero-order valence-electron chi connectivity index (χ0n) is 23.1. The van der Waals surface area contributed by atoms with Crippen molar-refractivity contribution in [2.24, 2.45) is 23.3 Å². The second-order valence-corrected chi connectivity index (χ2v) is 9.94. The highest BCUT2D eigenvalue weighted by molar-refractivity contribution is 5.95. The average Bonchev–Trinajstić information content (AvgIpc) is 2.86. The van der Waals surface area contributed by atoms with Gasteiger partial charge in [0.1, 0.15) is 24.7 Å². The van der Waals surface area contributed by atoms with E-state index in [4.69, 9.17) is 16.6 Å². The number of hydrogen-bond acceptors (Lipinski definition) is 9. The lowest BCUT2D eigenvalue weighted by molar-refractivity contribution is -0.138. The molecule has 0 aliphatic carbocycles. The van der Waals surface area contributed by atoms with Crippen LogP contribution in [0.1, 0.15) is 53.4 Å². The van der Waals surface area contributed by atoms with Crippen LogP contribution in [-0.4, -0.2) is 96.1 Å². The maximum absolute atomic E-state index is 13.0. The molecule has 0 saturated heterocycles. The van der Waals surface area contributed by atoms with Gasteiger partial charge in [-0.1, -0.05) is 34.1 Å². The molecule has 4 atom stereocenters. The Kier molecular flexibility index (Phi) is 17.3. The zero-order valence-corrected chi connectivity index (χ0v) is 23.1. The molecule has 0 aromatic rings. The first kappa shape index (κ1) is 35.7. The van der Waals surface area contributed by atoms with Crippen LogP contribution in [0.15, 0.2) is 0 Å². The highest BCUT2D eigenvalue weighted by atomic mass is 16.4. The van der Waals surface area contributed by atoms with Crippen LogP contribution in [0, 0.1) is 11.8 Å². The van der Waals surface area contributed by atoms with Crippen molar-refractivity contribution in [3.8, 4) is 0 Å². The number of nitrogens with one attached hydrogen (secondary N) is 5. The van der Waals surface area contributed by atoms with Crippen molar-refractivity contribution in [1.29, 1.82) is 0 Å². The van der Waals surface area contributed by atoms with E-state index in [0.29, 0.717) is 19.4 Å². The number of aliphatic hydroxyl groups excluding tert-OH is 1. The molecule has 5 amide bonds. The Labute approximate surface area is 228 Å². The van der Waals surface area contributed by atoms with Gasteiger partial charge in [0, 0.05) is 0 Å². The number of carbonyl (C=O) groups excluding carboxylic acids is 5. The molecule has 224 valence electrons. The molecule has 39 heavy (non-hydrogen) atoms. The van der Waals surface area contributed by atoms with Crippen molar-refractivity contribution in [1.82, 2.24) is 26.6 Å². The highest BCUT2D eigenvalue weighted by Crippen LogP contribution is 2.09. The van der Waals surface area contributed by atoms with Crippen molar-refractivity contribution in [2.45, 2.75) is 77.5 Å². The molecule has 0 heterocycles. The summed E-state index contributed by atoms with van der Waals surface area (Å²) in [6, 6.07) is -4.22. The van der Waals surface area contributed by atoms with Gasteiger partial charge in [0.2, 0.25) is 29.5 Å². The van der Waals surface area contributed by atoms with E-state index in [2.05, 4.69) is 21.3 Å². The van der Waals surface area contributed by atoms with Gasteiger partial charge in [-0.2, -0.15) is 0 Å². The number of amides is 5. The fraction of sp³-hybridized carbons (Fsp3) is 0.750. The highest BCUT2D eigenvalue weighted by Gasteiger charge is 2.30. The third-order valence-electron chi connectivity index (χ3n) is 5.56. The van der Waals surface area contributed by atoms with E-state index in [9.17, 15) is 33.9 Å². The van der Waals surface area contributed by atoms with E-state index < -0.39 is 79.4 Å². The Morgan fingerprint density at radius 1 is 0.769 bits per heavy atom. The number of aliphatic carboxylic acids is 1.